The van der Waals surface area contributed by atoms with Crippen LogP contribution in [0.5, 0.6) is 0 Å². The Morgan fingerprint density at radius 3 is 2.86 bits per heavy atom. The van der Waals surface area contributed by atoms with Crippen molar-refractivity contribution in [3.8, 4) is 0 Å². The Morgan fingerprint density at radius 1 is 1.52 bits per heavy atom. The summed E-state index contributed by atoms with van der Waals surface area (Å²) < 4.78 is 0.775. The lowest BCUT2D eigenvalue weighted by Gasteiger charge is -2.19. The van der Waals surface area contributed by atoms with Crippen molar-refractivity contribution < 1.29 is 9.90 Å². The van der Waals surface area contributed by atoms with E-state index in [0.29, 0.717) is 0 Å². The Kier molecular flexibility index (Phi) is 4.98. The van der Waals surface area contributed by atoms with Gasteiger partial charge < -0.3 is 10.0 Å². The van der Waals surface area contributed by atoms with Crippen molar-refractivity contribution in [1.82, 2.24) is 4.98 Å². The number of aliphatic carboxylic acids is 1. The summed E-state index contributed by atoms with van der Waals surface area (Å²) >= 11 is 7.48. The summed E-state index contributed by atoms with van der Waals surface area (Å²) in [5.41, 5.74) is 1.76. The Morgan fingerprint density at radius 2 is 2.29 bits per heavy atom. The number of carboxylic acids is 1. The number of nitrogens with zero attached hydrogens (tertiary/aromatic N) is 2. The molecule has 0 saturated heterocycles. The third-order valence-electron chi connectivity index (χ3n) is 2.87. The lowest BCUT2D eigenvalue weighted by molar-refractivity contribution is -0.131. The molecular weight excluding hydrogens is 308 g/mol. The quantitative estimate of drug-likeness (QED) is 0.850. The van der Waals surface area contributed by atoms with E-state index < -0.39 is 5.97 Å². The molecule has 2 rings (SSSR count). The molecule has 0 spiro atoms. The summed E-state index contributed by atoms with van der Waals surface area (Å²) in [5, 5.41) is 8.63. The van der Waals surface area contributed by atoms with Crippen LogP contribution in [0.3, 0.4) is 0 Å². The van der Waals surface area contributed by atoms with E-state index in [-0.39, 0.29) is 0 Å². The zero-order valence-corrected chi connectivity index (χ0v) is 13.3. The molecule has 110 valence electrons. The van der Waals surface area contributed by atoms with Crippen LogP contribution in [0.2, 0.25) is 4.34 Å². The summed E-state index contributed by atoms with van der Waals surface area (Å²) in [6.45, 7) is 2.69. The summed E-state index contributed by atoms with van der Waals surface area (Å²) in [5.74, 6) is -0.101. The maximum atomic E-state index is 10.5. The van der Waals surface area contributed by atoms with Gasteiger partial charge >= 0.3 is 5.97 Å². The molecule has 0 amide bonds. The van der Waals surface area contributed by atoms with Crippen molar-refractivity contribution in [3.63, 3.8) is 0 Å². The van der Waals surface area contributed by atoms with Gasteiger partial charge in [0.25, 0.3) is 0 Å². The summed E-state index contributed by atoms with van der Waals surface area (Å²) in [6, 6.07) is 5.80. The van der Waals surface area contributed by atoms with Gasteiger partial charge in [-0.05, 0) is 42.3 Å². The minimum atomic E-state index is -0.969. The van der Waals surface area contributed by atoms with Gasteiger partial charge in [0.15, 0.2) is 0 Å². The van der Waals surface area contributed by atoms with E-state index in [4.69, 9.17) is 16.7 Å². The van der Waals surface area contributed by atoms with Gasteiger partial charge in [-0.15, -0.1) is 11.3 Å². The maximum absolute atomic E-state index is 10.5. The molecule has 0 fully saturated rings. The SMILES string of the molecule is Cc1cc(/C=C/C(=O)O)cnc1N(C)Cc1ccc(Cl)s1. The van der Waals surface area contributed by atoms with Crippen LogP contribution in [0.1, 0.15) is 16.0 Å². The third-order valence-corrected chi connectivity index (χ3v) is 4.09. The molecule has 0 atom stereocenters. The standard InChI is InChI=1S/C15H15ClN2O2S/c1-10-7-11(3-6-14(19)20)8-17-15(10)18(2)9-12-4-5-13(16)21-12/h3-8H,9H2,1-2H3,(H,19,20)/b6-3+. The van der Waals surface area contributed by atoms with Crippen LogP contribution >= 0.6 is 22.9 Å². The summed E-state index contributed by atoms with van der Waals surface area (Å²) in [7, 11) is 1.97. The first-order chi connectivity index (χ1) is 9.95. The second-order valence-electron chi connectivity index (χ2n) is 4.64. The fourth-order valence-corrected chi connectivity index (χ4v) is 3.13. The summed E-state index contributed by atoms with van der Waals surface area (Å²) in [6.07, 6.45) is 4.30. The molecule has 0 radical (unpaired) electrons. The number of carbonyl (C=O) groups is 1. The average Bonchev–Trinajstić information content (AvgIpc) is 2.81. The van der Waals surface area contributed by atoms with Crippen LogP contribution in [-0.2, 0) is 11.3 Å². The molecule has 6 heteroatoms. The van der Waals surface area contributed by atoms with Gasteiger partial charge in [-0.3, -0.25) is 0 Å². The summed E-state index contributed by atoms with van der Waals surface area (Å²) in [4.78, 5) is 18.1. The van der Waals surface area contributed by atoms with E-state index in [9.17, 15) is 4.79 Å². The van der Waals surface area contributed by atoms with E-state index in [1.807, 2.05) is 37.1 Å². The minimum absolute atomic E-state index is 0.732. The number of rotatable bonds is 5. The first-order valence-electron chi connectivity index (χ1n) is 6.28. The van der Waals surface area contributed by atoms with Crippen LogP contribution in [0.15, 0.2) is 30.5 Å². The van der Waals surface area contributed by atoms with Gasteiger partial charge in [-0.1, -0.05) is 11.6 Å². The molecule has 0 aliphatic rings. The van der Waals surface area contributed by atoms with Crippen molar-refractivity contribution in [2.75, 3.05) is 11.9 Å². The molecule has 0 aromatic carbocycles. The molecule has 0 bridgehead atoms. The molecule has 1 N–H and O–H groups in total. The van der Waals surface area contributed by atoms with Crippen LogP contribution in [0.25, 0.3) is 6.08 Å². The van der Waals surface area contributed by atoms with Crippen LogP contribution in [-0.4, -0.2) is 23.1 Å². The smallest absolute Gasteiger partial charge is 0.328 e. The van der Waals surface area contributed by atoms with Gasteiger partial charge in [0, 0.05) is 24.2 Å². The number of aryl methyl sites for hydroxylation is 1. The second kappa shape index (κ2) is 6.74. The van der Waals surface area contributed by atoms with Crippen LogP contribution in [0, 0.1) is 6.92 Å². The minimum Gasteiger partial charge on any atom is -0.478 e. The highest BCUT2D eigenvalue weighted by Crippen LogP contribution is 2.25. The lowest BCUT2D eigenvalue weighted by Crippen LogP contribution is -2.18. The van der Waals surface area contributed by atoms with Crippen molar-refractivity contribution in [3.05, 3.63) is 50.8 Å². The predicted molar refractivity (Wildman–Crippen MR) is 87.1 cm³/mol. The van der Waals surface area contributed by atoms with E-state index in [2.05, 4.69) is 4.98 Å². The Balaban J connectivity index is 2.14. The normalized spacial score (nSPS) is 11.0. The van der Waals surface area contributed by atoms with Gasteiger partial charge in [0.05, 0.1) is 10.9 Å². The lowest BCUT2D eigenvalue weighted by atomic mass is 10.2. The van der Waals surface area contributed by atoms with Gasteiger partial charge in [0.1, 0.15) is 5.82 Å². The van der Waals surface area contributed by atoms with E-state index >= 15 is 0 Å². The monoisotopic (exact) mass is 322 g/mol. The molecule has 0 aliphatic heterocycles. The van der Waals surface area contributed by atoms with E-state index in [0.717, 1.165) is 33.9 Å². The number of thiophene rings is 1. The first kappa shape index (κ1) is 15.5. The maximum Gasteiger partial charge on any atom is 0.328 e. The number of hydrogen-bond acceptors (Lipinski definition) is 4. The van der Waals surface area contributed by atoms with Crippen molar-refractivity contribution in [2.45, 2.75) is 13.5 Å². The Labute approximate surface area is 132 Å². The van der Waals surface area contributed by atoms with Crippen molar-refractivity contribution in [1.29, 1.82) is 0 Å². The zero-order chi connectivity index (χ0) is 15.4. The number of aromatic nitrogens is 1. The van der Waals surface area contributed by atoms with Gasteiger partial charge in [-0.25, -0.2) is 9.78 Å². The topological polar surface area (TPSA) is 53.4 Å². The Hall–Kier alpha value is -1.85. The van der Waals surface area contributed by atoms with Crippen molar-refractivity contribution >= 4 is 40.8 Å². The second-order valence-corrected chi connectivity index (χ2v) is 6.44. The van der Waals surface area contributed by atoms with Crippen LogP contribution in [0.4, 0.5) is 5.82 Å². The molecule has 0 saturated carbocycles. The largest absolute Gasteiger partial charge is 0.478 e. The number of halogens is 1. The number of hydrogen-bond donors (Lipinski definition) is 1. The molecule has 21 heavy (non-hydrogen) atoms. The highest BCUT2D eigenvalue weighted by molar-refractivity contribution is 7.16. The van der Waals surface area contributed by atoms with E-state index in [1.54, 1.807) is 17.5 Å². The molecule has 2 aromatic rings. The fourth-order valence-electron chi connectivity index (χ4n) is 1.99. The Bertz CT molecular complexity index is 682. The molecule has 0 aliphatic carbocycles. The van der Waals surface area contributed by atoms with Gasteiger partial charge in [-0.2, -0.15) is 0 Å². The third kappa shape index (κ3) is 4.31. The van der Waals surface area contributed by atoms with Crippen LogP contribution < -0.4 is 4.90 Å². The predicted octanol–water partition coefficient (Wildman–Crippen LogP) is 3.84. The molecule has 4 nitrogen and oxygen atoms in total. The highest BCUT2D eigenvalue weighted by atomic mass is 35.5. The number of anilines is 1. The number of pyridine rings is 1. The average molecular weight is 323 g/mol. The first-order valence-corrected chi connectivity index (χ1v) is 7.48. The fraction of sp³-hybridized carbons (Fsp3) is 0.200. The molecular formula is C15H15ClN2O2S. The molecule has 0 unspecified atom stereocenters. The molecule has 2 heterocycles. The van der Waals surface area contributed by atoms with E-state index in [1.165, 1.54) is 11.0 Å². The van der Waals surface area contributed by atoms with Crippen molar-refractivity contribution in [2.24, 2.45) is 0 Å². The zero-order valence-electron chi connectivity index (χ0n) is 11.7. The highest BCUT2D eigenvalue weighted by Gasteiger charge is 2.09. The number of carboxylic acid groups (broad SMARTS) is 1. The van der Waals surface area contributed by atoms with Gasteiger partial charge in [0.2, 0.25) is 0 Å². The molecule has 2 aromatic heterocycles.